The summed E-state index contributed by atoms with van der Waals surface area (Å²) in [6, 6.07) is 1.92. The molecule has 0 aromatic carbocycles. The van der Waals surface area contributed by atoms with E-state index in [1.165, 1.54) is 18.0 Å². The first kappa shape index (κ1) is 14.3. The van der Waals surface area contributed by atoms with Gasteiger partial charge in [0.1, 0.15) is 17.5 Å². The Morgan fingerprint density at radius 1 is 1.40 bits per heavy atom. The van der Waals surface area contributed by atoms with E-state index in [4.69, 9.17) is 15.5 Å². The molecule has 0 aliphatic heterocycles. The van der Waals surface area contributed by atoms with E-state index in [0.717, 1.165) is 0 Å². The maximum Gasteiger partial charge on any atom is 0.232 e. The molecule has 8 heteroatoms. The van der Waals surface area contributed by atoms with Gasteiger partial charge in [0.15, 0.2) is 11.0 Å². The second kappa shape index (κ2) is 5.46. The van der Waals surface area contributed by atoms with Crippen LogP contribution >= 0.6 is 11.8 Å². The van der Waals surface area contributed by atoms with Crippen LogP contribution in [0, 0.1) is 11.3 Å². The average molecular weight is 290 g/mol. The Bertz CT molecular complexity index is 655. The normalized spacial score (nSPS) is 11.3. The molecule has 0 aliphatic rings. The van der Waals surface area contributed by atoms with Crippen molar-refractivity contribution < 1.29 is 4.52 Å². The summed E-state index contributed by atoms with van der Waals surface area (Å²) < 4.78 is 5.19. The lowest BCUT2D eigenvalue weighted by Crippen LogP contribution is -2.11. The molecule has 2 aromatic heterocycles. The maximum absolute atomic E-state index is 8.75. The molecular weight excluding hydrogens is 276 g/mol. The van der Waals surface area contributed by atoms with E-state index in [9.17, 15) is 0 Å². The lowest BCUT2D eigenvalue weighted by Gasteiger charge is -2.10. The number of hydrogen-bond acceptors (Lipinski definition) is 8. The van der Waals surface area contributed by atoms with E-state index in [-0.39, 0.29) is 16.8 Å². The molecular formula is C12H14N6OS. The lowest BCUT2D eigenvalue weighted by molar-refractivity contribution is 0.319. The number of anilines is 1. The van der Waals surface area contributed by atoms with Gasteiger partial charge in [0.2, 0.25) is 5.89 Å². The van der Waals surface area contributed by atoms with Gasteiger partial charge in [0, 0.05) is 5.41 Å². The van der Waals surface area contributed by atoms with Crippen molar-refractivity contribution in [2.75, 3.05) is 5.73 Å². The standard InChI is InChI=1S/C12H14N6OS/c1-12(2,3)10-16-8(18-19-10)6-20-11-15-5-7(4-13)9(14)17-11/h5H,6H2,1-3H3,(H2,14,15,17). The fourth-order valence-electron chi connectivity index (χ4n) is 1.28. The molecule has 0 amide bonds. The molecule has 0 bridgehead atoms. The molecule has 2 aromatic rings. The summed E-state index contributed by atoms with van der Waals surface area (Å²) in [5.41, 5.74) is 5.72. The highest BCUT2D eigenvalue weighted by molar-refractivity contribution is 7.98. The molecule has 0 saturated carbocycles. The smallest absolute Gasteiger partial charge is 0.232 e. The molecule has 2 heterocycles. The van der Waals surface area contributed by atoms with Gasteiger partial charge in [-0.1, -0.05) is 37.7 Å². The second-order valence-electron chi connectivity index (χ2n) is 5.12. The van der Waals surface area contributed by atoms with E-state index >= 15 is 0 Å². The van der Waals surface area contributed by atoms with Gasteiger partial charge in [-0.05, 0) is 0 Å². The Balaban J connectivity index is 2.04. The fraction of sp³-hybridized carbons (Fsp3) is 0.417. The van der Waals surface area contributed by atoms with Crippen molar-refractivity contribution in [3.05, 3.63) is 23.5 Å². The summed E-state index contributed by atoms with van der Waals surface area (Å²) in [6.45, 7) is 6.01. The van der Waals surface area contributed by atoms with Crippen molar-refractivity contribution in [1.82, 2.24) is 20.1 Å². The number of aromatic nitrogens is 4. The Labute approximate surface area is 120 Å². The van der Waals surface area contributed by atoms with Crippen LogP contribution in [0.15, 0.2) is 15.9 Å². The Morgan fingerprint density at radius 3 is 2.70 bits per heavy atom. The number of hydrogen-bond donors (Lipinski definition) is 1. The molecule has 0 spiro atoms. The molecule has 0 radical (unpaired) electrons. The summed E-state index contributed by atoms with van der Waals surface area (Å²) in [6.07, 6.45) is 1.40. The van der Waals surface area contributed by atoms with Gasteiger partial charge in [0.05, 0.1) is 11.9 Å². The monoisotopic (exact) mass is 290 g/mol. The van der Waals surface area contributed by atoms with Gasteiger partial charge >= 0.3 is 0 Å². The zero-order valence-corrected chi connectivity index (χ0v) is 12.2. The molecule has 2 rings (SSSR count). The van der Waals surface area contributed by atoms with Crippen LogP contribution in [-0.4, -0.2) is 20.1 Å². The topological polar surface area (TPSA) is 115 Å². The predicted octanol–water partition coefficient (Wildman–Crippen LogP) is 1.90. The highest BCUT2D eigenvalue weighted by Crippen LogP contribution is 2.23. The number of nitriles is 1. The average Bonchev–Trinajstić information content (AvgIpc) is 2.85. The third-order valence-corrected chi connectivity index (χ3v) is 3.21. The Morgan fingerprint density at radius 2 is 2.15 bits per heavy atom. The quantitative estimate of drug-likeness (QED) is 0.673. The van der Waals surface area contributed by atoms with Gasteiger partial charge < -0.3 is 10.3 Å². The molecule has 0 aliphatic carbocycles. The van der Waals surface area contributed by atoms with Crippen molar-refractivity contribution in [3.63, 3.8) is 0 Å². The molecule has 2 N–H and O–H groups in total. The Hall–Kier alpha value is -2.14. The lowest BCUT2D eigenvalue weighted by atomic mass is 9.97. The maximum atomic E-state index is 8.75. The highest BCUT2D eigenvalue weighted by atomic mass is 32.2. The number of nitrogen functional groups attached to an aromatic ring is 1. The summed E-state index contributed by atoms with van der Waals surface area (Å²) in [4.78, 5) is 12.4. The number of nitrogens with zero attached hydrogens (tertiary/aromatic N) is 5. The fourth-order valence-corrected chi connectivity index (χ4v) is 1.95. The van der Waals surface area contributed by atoms with Crippen molar-refractivity contribution in [1.29, 1.82) is 5.26 Å². The minimum absolute atomic E-state index is 0.175. The minimum atomic E-state index is -0.175. The third kappa shape index (κ3) is 3.24. The number of nitrogens with two attached hydrogens (primary N) is 1. The summed E-state index contributed by atoms with van der Waals surface area (Å²) in [5, 5.41) is 13.1. The molecule has 0 unspecified atom stereocenters. The molecule has 7 nitrogen and oxygen atoms in total. The Kier molecular flexibility index (Phi) is 3.90. The van der Waals surface area contributed by atoms with Crippen LogP contribution in [0.4, 0.5) is 5.82 Å². The highest BCUT2D eigenvalue weighted by Gasteiger charge is 2.21. The largest absolute Gasteiger partial charge is 0.382 e. The SMILES string of the molecule is CC(C)(C)c1nc(CSc2ncc(C#N)c(N)n2)no1. The van der Waals surface area contributed by atoms with Gasteiger partial charge in [-0.2, -0.15) is 10.2 Å². The summed E-state index contributed by atoms with van der Waals surface area (Å²) in [7, 11) is 0. The molecule has 0 saturated heterocycles. The van der Waals surface area contributed by atoms with Crippen LogP contribution in [0.5, 0.6) is 0 Å². The van der Waals surface area contributed by atoms with Crippen molar-refractivity contribution in [3.8, 4) is 6.07 Å². The first-order valence-corrected chi connectivity index (χ1v) is 6.87. The minimum Gasteiger partial charge on any atom is -0.382 e. The van der Waals surface area contributed by atoms with Crippen LogP contribution in [0.2, 0.25) is 0 Å². The van der Waals surface area contributed by atoms with Crippen LogP contribution in [-0.2, 0) is 11.2 Å². The zero-order valence-electron chi connectivity index (χ0n) is 11.4. The van der Waals surface area contributed by atoms with Gasteiger partial charge in [-0.25, -0.2) is 9.97 Å². The van der Waals surface area contributed by atoms with Crippen molar-refractivity contribution in [2.24, 2.45) is 0 Å². The van der Waals surface area contributed by atoms with Gasteiger partial charge in [-0.15, -0.1) is 0 Å². The zero-order chi connectivity index (χ0) is 14.8. The summed E-state index contributed by atoms with van der Waals surface area (Å²) in [5.74, 6) is 1.82. The summed E-state index contributed by atoms with van der Waals surface area (Å²) >= 11 is 1.33. The molecule has 104 valence electrons. The van der Waals surface area contributed by atoms with Gasteiger partial charge in [0.25, 0.3) is 0 Å². The van der Waals surface area contributed by atoms with Crippen LogP contribution < -0.4 is 5.73 Å². The van der Waals surface area contributed by atoms with E-state index in [2.05, 4.69) is 20.1 Å². The number of thioether (sulfide) groups is 1. The van der Waals surface area contributed by atoms with Gasteiger partial charge in [-0.3, -0.25) is 0 Å². The predicted molar refractivity (Wildman–Crippen MR) is 73.7 cm³/mol. The third-order valence-electron chi connectivity index (χ3n) is 2.36. The first-order chi connectivity index (χ1) is 9.40. The van der Waals surface area contributed by atoms with E-state index < -0.39 is 0 Å². The second-order valence-corrected chi connectivity index (χ2v) is 6.06. The van der Waals surface area contributed by atoms with E-state index in [1.807, 2.05) is 26.8 Å². The van der Waals surface area contributed by atoms with Crippen molar-refractivity contribution in [2.45, 2.75) is 37.1 Å². The van der Waals surface area contributed by atoms with E-state index in [1.54, 1.807) is 0 Å². The molecule has 0 fully saturated rings. The molecule has 0 atom stereocenters. The van der Waals surface area contributed by atoms with Crippen LogP contribution in [0.25, 0.3) is 0 Å². The van der Waals surface area contributed by atoms with Crippen LogP contribution in [0.1, 0.15) is 38.0 Å². The van der Waals surface area contributed by atoms with Crippen molar-refractivity contribution >= 4 is 17.6 Å². The van der Waals surface area contributed by atoms with Crippen LogP contribution in [0.3, 0.4) is 0 Å². The molecule has 20 heavy (non-hydrogen) atoms. The number of rotatable bonds is 3. The first-order valence-electron chi connectivity index (χ1n) is 5.88. The van der Waals surface area contributed by atoms with E-state index in [0.29, 0.717) is 22.6 Å².